The van der Waals surface area contributed by atoms with Gasteiger partial charge in [-0.1, -0.05) is 67.8 Å². The first-order valence-electron chi connectivity index (χ1n) is 20.1. The van der Waals surface area contributed by atoms with Crippen LogP contribution in [0.3, 0.4) is 0 Å². The number of ether oxygens (including phenoxy) is 1. The quantitative estimate of drug-likeness (QED) is 0.274. The van der Waals surface area contributed by atoms with E-state index in [0.29, 0.717) is 30.0 Å². The number of likely N-dealkylation sites (N-methyl/N-ethyl adjacent to an activating group) is 1. The zero-order chi connectivity index (χ0) is 37.8. The number of hydrogen-bond acceptors (Lipinski definition) is 7. The molecule has 4 heterocycles. The summed E-state index contributed by atoms with van der Waals surface area (Å²) in [5.41, 5.74) is 6.51. The number of aromatic nitrogens is 1. The molecule has 1 aromatic heterocycles. The van der Waals surface area contributed by atoms with E-state index in [1.807, 2.05) is 0 Å². The number of allylic oxidation sites excluding steroid dienone is 4. The smallest absolute Gasteiger partial charge is 0.265 e. The van der Waals surface area contributed by atoms with Gasteiger partial charge >= 0.3 is 0 Å². The average molecular weight is 761 g/mol. The second-order valence-electron chi connectivity index (χ2n) is 17.0. The summed E-state index contributed by atoms with van der Waals surface area (Å²) in [6, 6.07) is 15.3. The average Bonchev–Trinajstić information content (AvgIpc) is 4.10. The van der Waals surface area contributed by atoms with Gasteiger partial charge in [0.15, 0.2) is 10.5 Å². The minimum atomic E-state index is -4.36. The van der Waals surface area contributed by atoms with Gasteiger partial charge in [-0.2, -0.15) is 0 Å². The molecule has 11 heteroatoms. The minimum absolute atomic E-state index is 0.163. The lowest BCUT2D eigenvalue weighted by Gasteiger charge is -2.43. The molecular formula is C44H48N4O6S. The van der Waals surface area contributed by atoms with Crippen LogP contribution in [0.4, 0.5) is 0 Å². The molecule has 10 nitrogen and oxygen atoms in total. The molecule has 3 unspecified atom stereocenters. The van der Waals surface area contributed by atoms with E-state index in [1.165, 1.54) is 24.8 Å². The van der Waals surface area contributed by atoms with E-state index in [2.05, 4.69) is 56.5 Å². The van der Waals surface area contributed by atoms with Crippen LogP contribution in [0.5, 0.6) is 5.75 Å². The maximum Gasteiger partial charge on any atom is 0.265 e. The molecule has 3 aliphatic heterocycles. The molecule has 3 aromatic rings. The number of nitrogens with zero attached hydrogens (tertiary/aromatic N) is 3. The highest BCUT2D eigenvalue weighted by Gasteiger charge is 2.62. The lowest BCUT2D eigenvalue weighted by atomic mass is 9.75. The van der Waals surface area contributed by atoms with Crippen LogP contribution in [0.15, 0.2) is 83.0 Å². The van der Waals surface area contributed by atoms with Crippen molar-refractivity contribution in [3.63, 3.8) is 0 Å². The highest BCUT2D eigenvalue weighted by molar-refractivity contribution is 7.92. The molecule has 7 aliphatic rings. The number of fused-ring (bicyclic) bond motifs is 8. The summed E-state index contributed by atoms with van der Waals surface area (Å²) >= 11 is 0. The Labute approximate surface area is 322 Å². The zero-order valence-corrected chi connectivity index (χ0v) is 32.4. The van der Waals surface area contributed by atoms with Gasteiger partial charge < -0.3 is 19.1 Å². The van der Waals surface area contributed by atoms with Crippen molar-refractivity contribution in [1.82, 2.24) is 19.1 Å². The van der Waals surface area contributed by atoms with Crippen molar-refractivity contribution in [3.8, 4) is 5.75 Å². The molecule has 4 fully saturated rings. The molecule has 1 N–H and O–H groups in total. The monoisotopic (exact) mass is 760 g/mol. The van der Waals surface area contributed by atoms with Crippen molar-refractivity contribution in [2.24, 2.45) is 5.92 Å². The van der Waals surface area contributed by atoms with Crippen LogP contribution >= 0.6 is 0 Å². The van der Waals surface area contributed by atoms with Gasteiger partial charge in [0.2, 0.25) is 15.9 Å². The fraction of sp³-hybridized carbons (Fsp3) is 0.477. The predicted molar refractivity (Wildman–Crippen MR) is 209 cm³/mol. The van der Waals surface area contributed by atoms with Crippen molar-refractivity contribution in [2.45, 2.75) is 99.4 Å². The van der Waals surface area contributed by atoms with Crippen molar-refractivity contribution in [2.75, 3.05) is 27.2 Å². The van der Waals surface area contributed by atoms with Crippen molar-refractivity contribution >= 4 is 38.5 Å². The number of nitrogens with one attached hydrogen (secondary N) is 1. The van der Waals surface area contributed by atoms with Crippen LogP contribution in [0, 0.1) is 5.92 Å². The number of Topliss-reactive ketones (excluding diaryl/α,β-unsaturated/α-hetero) is 1. The molecule has 4 aliphatic carbocycles. The first-order chi connectivity index (χ1) is 26.6. The normalized spacial score (nSPS) is 27.0. The fourth-order valence-corrected chi connectivity index (χ4v) is 12.6. The van der Waals surface area contributed by atoms with Crippen molar-refractivity contribution < 1.29 is 27.5 Å². The van der Waals surface area contributed by atoms with Gasteiger partial charge in [0, 0.05) is 54.3 Å². The number of amides is 2. The summed E-state index contributed by atoms with van der Waals surface area (Å²) in [6.45, 7) is 2.11. The molecule has 2 amide bonds. The Morgan fingerprint density at radius 3 is 2.35 bits per heavy atom. The molecule has 2 aromatic carbocycles. The molecule has 0 radical (unpaired) electrons. The number of piperazine rings is 1. The number of methoxy groups -OCH3 is 1. The first kappa shape index (κ1) is 35.0. The summed E-state index contributed by atoms with van der Waals surface area (Å²) in [4.78, 5) is 47.4. The third-order valence-electron chi connectivity index (χ3n) is 13.8. The highest BCUT2D eigenvalue weighted by Crippen LogP contribution is 2.56. The number of benzene rings is 2. The van der Waals surface area contributed by atoms with Gasteiger partial charge in [0.05, 0.1) is 24.1 Å². The van der Waals surface area contributed by atoms with Crippen LogP contribution in [0.25, 0.3) is 10.9 Å². The van der Waals surface area contributed by atoms with E-state index < -0.39 is 26.5 Å². The van der Waals surface area contributed by atoms with Crippen LogP contribution in [0.2, 0.25) is 0 Å². The van der Waals surface area contributed by atoms with Gasteiger partial charge in [0.25, 0.3) is 5.91 Å². The van der Waals surface area contributed by atoms with E-state index >= 15 is 0 Å². The van der Waals surface area contributed by atoms with Crippen molar-refractivity contribution in [3.05, 3.63) is 99.8 Å². The molecule has 2 saturated carbocycles. The zero-order valence-electron chi connectivity index (χ0n) is 31.6. The first-order valence-corrected chi connectivity index (χ1v) is 21.6. The third-order valence-corrected chi connectivity index (χ3v) is 15.9. The third kappa shape index (κ3) is 5.35. The van der Waals surface area contributed by atoms with Gasteiger partial charge in [-0.3, -0.25) is 14.4 Å². The van der Waals surface area contributed by atoms with Gasteiger partial charge in [-0.15, -0.1) is 0 Å². The second-order valence-corrected chi connectivity index (χ2v) is 19.0. The van der Waals surface area contributed by atoms with E-state index in [9.17, 15) is 22.8 Å². The number of hydrogen-bond donors (Lipinski definition) is 1. The van der Waals surface area contributed by atoms with E-state index in [0.717, 1.165) is 77.8 Å². The van der Waals surface area contributed by atoms with Gasteiger partial charge in [-0.25, -0.2) is 13.1 Å². The maximum atomic E-state index is 15.0. The second kappa shape index (κ2) is 12.8. The summed E-state index contributed by atoms with van der Waals surface area (Å²) in [5, 5.41) is 1.01. The summed E-state index contributed by atoms with van der Waals surface area (Å²) in [6.07, 6.45) is 12.8. The Kier molecular flexibility index (Phi) is 8.12. The number of likely N-dealkylation sites (tertiary alicyclic amines) is 1. The largest absolute Gasteiger partial charge is 0.496 e. The van der Waals surface area contributed by atoms with Gasteiger partial charge in [0.1, 0.15) is 5.75 Å². The van der Waals surface area contributed by atoms with E-state index in [1.54, 1.807) is 37.4 Å². The lowest BCUT2D eigenvalue weighted by molar-refractivity contribution is -0.141. The van der Waals surface area contributed by atoms with E-state index in [-0.39, 0.29) is 42.7 Å². The molecule has 4 atom stereocenters. The lowest BCUT2D eigenvalue weighted by Crippen LogP contribution is -2.56. The Bertz CT molecular complexity index is 2350. The standard InChI is InChI=1S/C44H48N4O6S/c1-46-23-28-16-17-29(24-46)48(28)43(51)32-15-9-14-31-37(32)35-22-33-36(54-2)19-18-30(26-10-5-3-6-11-26)40(33)47(35)25-34-38(31)39(34)42(50)45-55(52,53)44(20-21-44)41(49)27-12-7-4-8-13-27/h4,7-9,12-14,18-19,22,26,28-29,32,37H,3,5-6,10-11,15-17,20-21,23-25H2,1-2H3,(H,45,50)/t28?,29?,32-,37?/m1/s1. The molecule has 2 saturated heterocycles. The molecule has 10 rings (SSSR count). The van der Waals surface area contributed by atoms with Gasteiger partial charge in [-0.05, 0) is 92.3 Å². The number of carbonyl (C=O) groups is 3. The minimum Gasteiger partial charge on any atom is -0.496 e. The van der Waals surface area contributed by atoms with E-state index in [4.69, 9.17) is 4.74 Å². The molecule has 0 spiro atoms. The molecule has 2 bridgehead atoms. The summed E-state index contributed by atoms with van der Waals surface area (Å²) < 4.78 is 37.0. The topological polar surface area (TPSA) is 118 Å². The predicted octanol–water partition coefficient (Wildman–Crippen LogP) is 6.14. The number of sulfonamides is 1. The maximum absolute atomic E-state index is 15.0. The van der Waals surface area contributed by atoms with Crippen LogP contribution in [-0.2, 0) is 26.2 Å². The Morgan fingerprint density at radius 2 is 1.65 bits per heavy atom. The highest BCUT2D eigenvalue weighted by atomic mass is 32.2. The van der Waals surface area contributed by atoms with Crippen molar-refractivity contribution in [1.29, 1.82) is 0 Å². The Hall–Kier alpha value is -4.48. The van der Waals surface area contributed by atoms with Crippen LogP contribution in [0.1, 0.15) is 97.7 Å². The summed E-state index contributed by atoms with van der Waals surface area (Å²) in [5.74, 6) is -0.573. The Balaban J connectivity index is 1.08. The van der Waals surface area contributed by atoms with Crippen LogP contribution < -0.4 is 9.46 Å². The number of carbonyl (C=O) groups excluding carboxylic acids is 3. The fourth-order valence-electron chi connectivity index (χ4n) is 11.0. The molecular weight excluding hydrogens is 713 g/mol. The number of ketones is 1. The molecule has 55 heavy (non-hydrogen) atoms. The van der Waals surface area contributed by atoms with Crippen LogP contribution in [-0.4, -0.2) is 84.5 Å². The Morgan fingerprint density at radius 1 is 0.927 bits per heavy atom. The number of rotatable bonds is 8. The summed E-state index contributed by atoms with van der Waals surface area (Å²) in [7, 11) is -0.526. The molecule has 286 valence electrons. The SMILES string of the molecule is COc1ccc(C2CCCCC2)c2c1cc1n2CC2=C(C(=O)NS(=O)(=O)C3(C(=O)c4ccccc4)CC3)C2=C2C=CC[C@@H](C(=O)N3C4CCC3CN(C)C4)C21.